The molecule has 1 aliphatic heterocycles. The van der Waals surface area contributed by atoms with E-state index in [2.05, 4.69) is 15.3 Å². The minimum Gasteiger partial charge on any atom is -0.493 e. The number of hydrogen-bond donors (Lipinski definition) is 1. The maximum Gasteiger partial charge on any atom is 0.257 e. The Morgan fingerprint density at radius 1 is 1.34 bits per heavy atom. The third kappa shape index (κ3) is 4.48. The molecule has 3 aromatic rings. The number of hydrogen-bond acceptors (Lipinski definition) is 5. The Morgan fingerprint density at radius 3 is 2.93 bits per heavy atom. The Bertz CT molecular complexity index is 966. The van der Waals surface area contributed by atoms with Crippen molar-refractivity contribution in [2.24, 2.45) is 7.05 Å². The van der Waals surface area contributed by atoms with Crippen molar-refractivity contribution in [2.75, 3.05) is 26.3 Å². The molecule has 1 aromatic carbocycles. The van der Waals surface area contributed by atoms with Gasteiger partial charge in [-0.3, -0.25) is 14.6 Å². The number of carbonyl (C=O) groups is 1. The van der Waals surface area contributed by atoms with Crippen LogP contribution in [-0.2, 0) is 18.2 Å². The van der Waals surface area contributed by atoms with Gasteiger partial charge in [0.15, 0.2) is 0 Å². The first-order chi connectivity index (χ1) is 14.1. The van der Waals surface area contributed by atoms with Gasteiger partial charge in [-0.15, -0.1) is 0 Å². The second-order valence-corrected chi connectivity index (χ2v) is 7.14. The summed E-state index contributed by atoms with van der Waals surface area (Å²) in [5.41, 5.74) is 3.15. The van der Waals surface area contributed by atoms with E-state index in [9.17, 15) is 4.79 Å². The van der Waals surface area contributed by atoms with E-state index in [1.54, 1.807) is 10.9 Å². The van der Waals surface area contributed by atoms with E-state index in [1.165, 1.54) is 0 Å². The first kappa shape index (κ1) is 19.2. The van der Waals surface area contributed by atoms with E-state index in [4.69, 9.17) is 9.47 Å². The zero-order valence-corrected chi connectivity index (χ0v) is 16.7. The molecule has 1 unspecified atom stereocenters. The van der Waals surface area contributed by atoms with Gasteiger partial charge in [0.2, 0.25) is 0 Å². The molecule has 4 rings (SSSR count). The van der Waals surface area contributed by atoms with Gasteiger partial charge in [-0.05, 0) is 25.1 Å². The molecule has 1 N–H and O–H groups in total. The minimum absolute atomic E-state index is 0.0177. The number of morpholine rings is 1. The topological polar surface area (TPSA) is 85.3 Å². The molecule has 0 radical (unpaired) electrons. The lowest BCUT2D eigenvalue weighted by Gasteiger charge is -2.32. The van der Waals surface area contributed by atoms with E-state index < -0.39 is 0 Å². The van der Waals surface area contributed by atoms with Gasteiger partial charge in [-0.1, -0.05) is 18.2 Å². The normalized spacial score (nSPS) is 16.8. The van der Waals surface area contributed by atoms with Crippen LogP contribution in [0.15, 0.2) is 42.6 Å². The first-order valence-electron chi connectivity index (χ1n) is 9.73. The maximum atomic E-state index is 12.9. The Labute approximate surface area is 169 Å². The van der Waals surface area contributed by atoms with Crippen molar-refractivity contribution in [1.29, 1.82) is 0 Å². The molecule has 8 heteroatoms. The monoisotopic (exact) mass is 395 g/mol. The van der Waals surface area contributed by atoms with Crippen molar-refractivity contribution in [2.45, 2.75) is 19.4 Å². The molecule has 8 nitrogen and oxygen atoms in total. The van der Waals surface area contributed by atoms with E-state index in [-0.39, 0.29) is 12.0 Å². The molecule has 1 atom stereocenters. The van der Waals surface area contributed by atoms with E-state index in [0.717, 1.165) is 22.8 Å². The van der Waals surface area contributed by atoms with Crippen molar-refractivity contribution >= 4 is 5.91 Å². The van der Waals surface area contributed by atoms with Gasteiger partial charge in [-0.25, -0.2) is 0 Å². The van der Waals surface area contributed by atoms with Crippen LogP contribution in [-0.4, -0.2) is 57.1 Å². The summed E-state index contributed by atoms with van der Waals surface area (Å²) in [4.78, 5) is 14.7. The third-order valence-corrected chi connectivity index (χ3v) is 4.96. The SMILES string of the molecule is Cc1nn(C)cc1C(=O)N1CCOC(c2cc(CCOc3ccccc3)[nH]n2)C1. The standard InChI is InChI=1S/C21H25N5O3/c1-15-18(13-25(2)24-15)21(27)26-9-11-29-20(14-26)19-12-16(22-23-19)8-10-28-17-6-4-3-5-7-17/h3-7,12-13,20H,8-11,14H2,1-2H3,(H,22,23). The predicted molar refractivity (Wildman–Crippen MR) is 107 cm³/mol. The lowest BCUT2D eigenvalue weighted by molar-refractivity contribution is -0.0247. The molecule has 1 fully saturated rings. The molecule has 1 saturated heterocycles. The van der Waals surface area contributed by atoms with Crippen LogP contribution in [0, 0.1) is 6.92 Å². The highest BCUT2D eigenvalue weighted by Gasteiger charge is 2.29. The second-order valence-electron chi connectivity index (χ2n) is 7.14. The number of aryl methyl sites for hydroxylation is 2. The molecular weight excluding hydrogens is 370 g/mol. The molecule has 1 aliphatic rings. The number of aromatic nitrogens is 4. The van der Waals surface area contributed by atoms with Gasteiger partial charge in [0.1, 0.15) is 11.9 Å². The lowest BCUT2D eigenvalue weighted by Crippen LogP contribution is -2.42. The van der Waals surface area contributed by atoms with Crippen LogP contribution in [0.5, 0.6) is 5.75 Å². The summed E-state index contributed by atoms with van der Waals surface area (Å²) in [6.45, 7) is 3.92. The largest absolute Gasteiger partial charge is 0.493 e. The molecule has 2 aromatic heterocycles. The van der Waals surface area contributed by atoms with Crippen LogP contribution in [0.3, 0.4) is 0 Å². The van der Waals surface area contributed by atoms with Crippen LogP contribution in [0.4, 0.5) is 0 Å². The number of amides is 1. The maximum absolute atomic E-state index is 12.9. The summed E-state index contributed by atoms with van der Waals surface area (Å²) in [7, 11) is 1.82. The molecular formula is C21H25N5O3. The fraction of sp³-hybridized carbons (Fsp3) is 0.381. The summed E-state index contributed by atoms with van der Waals surface area (Å²) in [5.74, 6) is 0.832. The summed E-state index contributed by atoms with van der Waals surface area (Å²) >= 11 is 0. The van der Waals surface area contributed by atoms with E-state index in [0.29, 0.717) is 38.3 Å². The number of nitrogens with zero attached hydrogens (tertiary/aromatic N) is 4. The van der Waals surface area contributed by atoms with Crippen molar-refractivity contribution in [3.05, 3.63) is 65.2 Å². The fourth-order valence-corrected chi connectivity index (χ4v) is 3.46. The zero-order valence-electron chi connectivity index (χ0n) is 16.7. The van der Waals surface area contributed by atoms with Crippen LogP contribution in [0.25, 0.3) is 0 Å². The van der Waals surface area contributed by atoms with Gasteiger partial charge >= 0.3 is 0 Å². The van der Waals surface area contributed by atoms with Crippen LogP contribution in [0.2, 0.25) is 0 Å². The Morgan fingerprint density at radius 2 is 2.17 bits per heavy atom. The number of aromatic amines is 1. The fourth-order valence-electron chi connectivity index (χ4n) is 3.46. The second kappa shape index (κ2) is 8.48. The smallest absolute Gasteiger partial charge is 0.257 e. The lowest BCUT2D eigenvalue weighted by atomic mass is 10.1. The average molecular weight is 395 g/mol. The van der Waals surface area contributed by atoms with E-state index >= 15 is 0 Å². The number of ether oxygens (including phenoxy) is 2. The highest BCUT2D eigenvalue weighted by atomic mass is 16.5. The predicted octanol–water partition coefficient (Wildman–Crippen LogP) is 2.29. The Balaban J connectivity index is 1.35. The van der Waals surface area contributed by atoms with Crippen molar-refractivity contribution < 1.29 is 14.3 Å². The summed E-state index contributed by atoms with van der Waals surface area (Å²) in [6.07, 6.45) is 2.23. The number of para-hydroxylation sites is 1. The molecule has 1 amide bonds. The van der Waals surface area contributed by atoms with Gasteiger partial charge in [-0.2, -0.15) is 10.2 Å². The number of rotatable bonds is 6. The van der Waals surface area contributed by atoms with Gasteiger partial charge in [0.05, 0.1) is 36.7 Å². The van der Waals surface area contributed by atoms with Crippen LogP contribution >= 0.6 is 0 Å². The number of benzene rings is 1. The molecule has 0 bridgehead atoms. The van der Waals surface area contributed by atoms with Crippen LogP contribution < -0.4 is 4.74 Å². The van der Waals surface area contributed by atoms with Crippen LogP contribution in [0.1, 0.15) is 33.5 Å². The molecule has 3 heterocycles. The summed E-state index contributed by atoms with van der Waals surface area (Å²) < 4.78 is 13.3. The molecule has 0 aliphatic carbocycles. The first-order valence-corrected chi connectivity index (χ1v) is 9.73. The van der Waals surface area contributed by atoms with Gasteiger partial charge in [0, 0.05) is 31.9 Å². The number of carbonyl (C=O) groups excluding carboxylic acids is 1. The molecule has 152 valence electrons. The highest BCUT2D eigenvalue weighted by Crippen LogP contribution is 2.23. The molecule has 0 saturated carbocycles. The Kier molecular flexibility index (Phi) is 5.62. The Hall–Kier alpha value is -3.13. The molecule has 0 spiro atoms. The third-order valence-electron chi connectivity index (χ3n) is 4.96. The molecule has 29 heavy (non-hydrogen) atoms. The van der Waals surface area contributed by atoms with E-state index in [1.807, 2.05) is 55.3 Å². The van der Waals surface area contributed by atoms with Gasteiger partial charge in [0.25, 0.3) is 5.91 Å². The average Bonchev–Trinajstić information content (AvgIpc) is 3.34. The number of nitrogens with one attached hydrogen (secondary N) is 1. The summed E-state index contributed by atoms with van der Waals surface area (Å²) in [5, 5.41) is 11.7. The van der Waals surface area contributed by atoms with Crippen molar-refractivity contribution in [3.8, 4) is 5.75 Å². The highest BCUT2D eigenvalue weighted by molar-refractivity contribution is 5.95. The quantitative estimate of drug-likeness (QED) is 0.692. The zero-order chi connectivity index (χ0) is 20.2. The van der Waals surface area contributed by atoms with Crippen molar-refractivity contribution in [3.63, 3.8) is 0 Å². The van der Waals surface area contributed by atoms with Gasteiger partial charge < -0.3 is 14.4 Å². The summed E-state index contributed by atoms with van der Waals surface area (Å²) in [6, 6.07) is 11.7. The van der Waals surface area contributed by atoms with Crippen molar-refractivity contribution in [1.82, 2.24) is 24.9 Å². The number of H-pyrrole nitrogens is 1. The minimum atomic E-state index is -0.246.